The third-order valence-corrected chi connectivity index (χ3v) is 2.20. The Balaban J connectivity index is 2.28. The molecule has 1 aromatic carbocycles. The van der Waals surface area contributed by atoms with E-state index in [1.54, 1.807) is 18.2 Å². The minimum atomic E-state index is -4.76. The van der Waals surface area contributed by atoms with E-state index in [2.05, 4.69) is 15.0 Å². The Hall–Kier alpha value is -2.44. The van der Waals surface area contributed by atoms with Crippen molar-refractivity contribution in [2.75, 3.05) is 11.1 Å². The van der Waals surface area contributed by atoms with Crippen LogP contribution in [0.25, 0.3) is 0 Å². The predicted molar refractivity (Wildman–Crippen MR) is 65.1 cm³/mol. The molecule has 4 nitrogen and oxygen atoms in total. The van der Waals surface area contributed by atoms with Crippen molar-refractivity contribution in [1.29, 1.82) is 0 Å². The summed E-state index contributed by atoms with van der Waals surface area (Å²) in [7, 11) is 0. The number of aromatic nitrogens is 1. The number of pyridine rings is 1. The van der Waals surface area contributed by atoms with Gasteiger partial charge in [-0.1, -0.05) is 12.1 Å². The number of halogens is 3. The Bertz CT molecular complexity index is 572. The Morgan fingerprint density at radius 1 is 1.11 bits per heavy atom. The van der Waals surface area contributed by atoms with Crippen molar-refractivity contribution in [3.63, 3.8) is 0 Å². The maximum Gasteiger partial charge on any atom is 0.573 e. The van der Waals surface area contributed by atoms with E-state index in [1.165, 1.54) is 24.4 Å². The summed E-state index contributed by atoms with van der Waals surface area (Å²) in [5.41, 5.74) is 6.11. The molecule has 0 saturated heterocycles. The average Bonchev–Trinajstić information content (AvgIpc) is 2.33. The number of anilines is 3. The van der Waals surface area contributed by atoms with Gasteiger partial charge in [0.25, 0.3) is 0 Å². The first-order valence-corrected chi connectivity index (χ1v) is 5.28. The third kappa shape index (κ3) is 3.51. The number of nitrogen functional groups attached to an aromatic ring is 1. The van der Waals surface area contributed by atoms with Crippen LogP contribution in [0.5, 0.6) is 5.75 Å². The molecule has 0 aliphatic rings. The van der Waals surface area contributed by atoms with Gasteiger partial charge in [0.15, 0.2) is 11.6 Å². The Labute approximate surface area is 107 Å². The molecule has 2 rings (SSSR count). The van der Waals surface area contributed by atoms with E-state index in [1.807, 2.05) is 0 Å². The van der Waals surface area contributed by atoms with Crippen molar-refractivity contribution >= 4 is 17.2 Å². The summed E-state index contributed by atoms with van der Waals surface area (Å²) in [6.07, 6.45) is -3.28. The van der Waals surface area contributed by atoms with Crippen LogP contribution >= 0.6 is 0 Å². The van der Waals surface area contributed by atoms with Crippen LogP contribution in [-0.4, -0.2) is 11.3 Å². The first-order chi connectivity index (χ1) is 8.96. The minimum Gasteiger partial charge on any atom is -0.404 e. The van der Waals surface area contributed by atoms with Gasteiger partial charge in [-0.3, -0.25) is 0 Å². The standard InChI is InChI=1S/C12H10F3N3O/c13-12(14,15)19-10-6-2-1-5-9(10)18-11-8(16)4-3-7-17-11/h1-7H,16H2,(H,17,18). The molecular formula is C12H10F3N3O. The molecule has 1 aromatic heterocycles. The minimum absolute atomic E-state index is 0.130. The van der Waals surface area contributed by atoms with Gasteiger partial charge in [0.2, 0.25) is 0 Å². The SMILES string of the molecule is Nc1cccnc1Nc1ccccc1OC(F)(F)F. The largest absolute Gasteiger partial charge is 0.573 e. The smallest absolute Gasteiger partial charge is 0.404 e. The van der Waals surface area contributed by atoms with E-state index >= 15 is 0 Å². The molecule has 0 fully saturated rings. The van der Waals surface area contributed by atoms with Gasteiger partial charge in [-0.05, 0) is 24.3 Å². The van der Waals surface area contributed by atoms with Crippen LogP contribution in [0.1, 0.15) is 0 Å². The molecule has 0 saturated carbocycles. The van der Waals surface area contributed by atoms with Crippen LogP contribution in [-0.2, 0) is 0 Å². The summed E-state index contributed by atoms with van der Waals surface area (Å²) in [4.78, 5) is 3.94. The molecule has 3 N–H and O–H groups in total. The average molecular weight is 269 g/mol. The molecule has 0 aliphatic heterocycles. The highest BCUT2D eigenvalue weighted by atomic mass is 19.4. The van der Waals surface area contributed by atoms with Gasteiger partial charge in [0.1, 0.15) is 0 Å². The molecule has 0 bridgehead atoms. The lowest BCUT2D eigenvalue weighted by Crippen LogP contribution is -2.18. The van der Waals surface area contributed by atoms with E-state index in [0.717, 1.165) is 0 Å². The Kier molecular flexibility index (Phi) is 3.46. The highest BCUT2D eigenvalue weighted by Gasteiger charge is 2.32. The Morgan fingerprint density at radius 2 is 1.84 bits per heavy atom. The summed E-state index contributed by atoms with van der Waals surface area (Å²) in [5.74, 6) is -0.0826. The van der Waals surface area contributed by atoms with E-state index in [4.69, 9.17) is 5.73 Å². The van der Waals surface area contributed by atoms with Crippen LogP contribution in [0.3, 0.4) is 0 Å². The lowest BCUT2D eigenvalue weighted by Gasteiger charge is -2.14. The second-order valence-electron chi connectivity index (χ2n) is 3.61. The predicted octanol–water partition coefficient (Wildman–Crippen LogP) is 3.31. The molecule has 0 aliphatic carbocycles. The molecule has 7 heteroatoms. The zero-order valence-electron chi connectivity index (χ0n) is 9.61. The number of nitrogens with two attached hydrogens (primary N) is 1. The van der Waals surface area contributed by atoms with Crippen LogP contribution in [0.2, 0.25) is 0 Å². The summed E-state index contributed by atoms with van der Waals surface area (Å²) in [5, 5.41) is 2.70. The molecule has 0 unspecified atom stereocenters. The number of alkyl halides is 3. The normalized spacial score (nSPS) is 11.1. The molecule has 0 radical (unpaired) electrons. The van der Waals surface area contributed by atoms with Gasteiger partial charge in [-0.25, -0.2) is 4.98 Å². The summed E-state index contributed by atoms with van der Waals surface area (Å²) in [6, 6.07) is 8.87. The lowest BCUT2D eigenvalue weighted by molar-refractivity contribution is -0.274. The van der Waals surface area contributed by atoms with Gasteiger partial charge in [-0.15, -0.1) is 13.2 Å². The second kappa shape index (κ2) is 5.05. The quantitative estimate of drug-likeness (QED) is 0.897. The van der Waals surface area contributed by atoms with Gasteiger partial charge < -0.3 is 15.8 Å². The number of ether oxygens (including phenoxy) is 1. The highest BCUT2D eigenvalue weighted by molar-refractivity contribution is 5.71. The maximum atomic E-state index is 12.2. The van der Waals surface area contributed by atoms with Crippen molar-refractivity contribution in [3.05, 3.63) is 42.6 Å². The van der Waals surface area contributed by atoms with Gasteiger partial charge in [-0.2, -0.15) is 0 Å². The van der Waals surface area contributed by atoms with Crippen LogP contribution in [0.4, 0.5) is 30.4 Å². The zero-order valence-corrected chi connectivity index (χ0v) is 9.61. The number of benzene rings is 1. The molecule has 19 heavy (non-hydrogen) atoms. The molecule has 0 amide bonds. The van der Waals surface area contributed by atoms with Crippen molar-refractivity contribution in [2.45, 2.75) is 6.36 Å². The molecule has 0 spiro atoms. The van der Waals surface area contributed by atoms with Crippen molar-refractivity contribution in [3.8, 4) is 5.75 Å². The van der Waals surface area contributed by atoms with Crippen molar-refractivity contribution in [2.24, 2.45) is 0 Å². The molecular weight excluding hydrogens is 259 g/mol. The van der Waals surface area contributed by atoms with Crippen molar-refractivity contribution in [1.82, 2.24) is 4.98 Å². The fourth-order valence-electron chi connectivity index (χ4n) is 1.43. The summed E-state index contributed by atoms with van der Waals surface area (Å²) >= 11 is 0. The Morgan fingerprint density at radius 3 is 2.53 bits per heavy atom. The number of hydrogen-bond donors (Lipinski definition) is 2. The summed E-state index contributed by atoms with van der Waals surface area (Å²) < 4.78 is 40.7. The number of nitrogens with one attached hydrogen (secondary N) is 1. The first kappa shape index (κ1) is 13.0. The molecule has 0 atom stereocenters. The van der Waals surface area contributed by atoms with Gasteiger partial charge in [0, 0.05) is 6.20 Å². The number of hydrogen-bond acceptors (Lipinski definition) is 4. The fraction of sp³-hybridized carbons (Fsp3) is 0.0833. The van der Waals surface area contributed by atoms with Gasteiger partial charge in [0.05, 0.1) is 11.4 Å². The van der Waals surface area contributed by atoms with Crippen LogP contribution in [0.15, 0.2) is 42.6 Å². The zero-order chi connectivity index (χ0) is 13.9. The van der Waals surface area contributed by atoms with Gasteiger partial charge >= 0.3 is 6.36 Å². The monoisotopic (exact) mass is 269 g/mol. The first-order valence-electron chi connectivity index (χ1n) is 5.28. The van der Waals surface area contributed by atoms with Crippen LogP contribution < -0.4 is 15.8 Å². The van der Waals surface area contributed by atoms with E-state index in [9.17, 15) is 13.2 Å². The summed E-state index contributed by atoms with van der Waals surface area (Å²) in [6.45, 7) is 0. The topological polar surface area (TPSA) is 60.2 Å². The number of nitrogens with zero attached hydrogens (tertiary/aromatic N) is 1. The molecule has 100 valence electrons. The fourth-order valence-corrected chi connectivity index (χ4v) is 1.43. The third-order valence-electron chi connectivity index (χ3n) is 2.20. The lowest BCUT2D eigenvalue weighted by atomic mass is 10.3. The van der Waals surface area contributed by atoms with E-state index in [0.29, 0.717) is 5.69 Å². The van der Waals surface area contributed by atoms with Crippen molar-refractivity contribution < 1.29 is 17.9 Å². The number of rotatable bonds is 3. The molecule has 1 heterocycles. The second-order valence-corrected chi connectivity index (χ2v) is 3.61. The maximum absolute atomic E-state index is 12.2. The molecule has 2 aromatic rings. The van der Waals surface area contributed by atoms with E-state index in [-0.39, 0.29) is 17.3 Å². The number of para-hydroxylation sites is 2. The van der Waals surface area contributed by atoms with Crippen LogP contribution in [0, 0.1) is 0 Å². The van der Waals surface area contributed by atoms with E-state index < -0.39 is 6.36 Å². The highest BCUT2D eigenvalue weighted by Crippen LogP contribution is 2.32.